The van der Waals surface area contributed by atoms with Crippen molar-refractivity contribution in [2.75, 3.05) is 32.6 Å². The third-order valence-electron chi connectivity index (χ3n) is 4.73. The highest BCUT2D eigenvalue weighted by molar-refractivity contribution is 7.97. The predicted octanol–water partition coefficient (Wildman–Crippen LogP) is 1.44. The van der Waals surface area contributed by atoms with E-state index in [9.17, 15) is 4.79 Å². The molecule has 1 aromatic heterocycles. The Morgan fingerprint density at radius 3 is 3.00 bits per heavy atom. The van der Waals surface area contributed by atoms with Crippen LogP contribution in [0.5, 0.6) is 0 Å². The molecule has 1 aromatic rings. The molecule has 0 saturated carbocycles. The number of ether oxygens (including phenoxy) is 1. The van der Waals surface area contributed by atoms with Crippen molar-refractivity contribution in [3.63, 3.8) is 0 Å². The molecule has 2 fully saturated rings. The van der Waals surface area contributed by atoms with Gasteiger partial charge in [0.2, 0.25) is 11.8 Å². The summed E-state index contributed by atoms with van der Waals surface area (Å²) in [6.07, 6.45) is 6.18. The fourth-order valence-electron chi connectivity index (χ4n) is 3.46. The monoisotopic (exact) mass is 354 g/mol. The van der Waals surface area contributed by atoms with E-state index in [1.165, 1.54) is 0 Å². The van der Waals surface area contributed by atoms with Crippen LogP contribution in [0.25, 0.3) is 0 Å². The zero-order chi connectivity index (χ0) is 16.8. The molecular weight excluding hydrogens is 328 g/mol. The Morgan fingerprint density at radius 2 is 2.21 bits per heavy atom. The van der Waals surface area contributed by atoms with Crippen molar-refractivity contribution >= 4 is 17.7 Å². The first kappa shape index (κ1) is 17.7. The first-order valence-corrected chi connectivity index (χ1v) is 10.1. The highest BCUT2D eigenvalue weighted by Crippen LogP contribution is 2.23. The van der Waals surface area contributed by atoms with Gasteiger partial charge in [0, 0.05) is 25.8 Å². The number of likely N-dealkylation sites (tertiary alicyclic amines) is 1. The number of piperidine rings is 1. The first-order valence-electron chi connectivity index (χ1n) is 8.66. The van der Waals surface area contributed by atoms with Crippen LogP contribution in [0.15, 0.2) is 4.52 Å². The van der Waals surface area contributed by atoms with Gasteiger partial charge in [-0.3, -0.25) is 9.69 Å². The molecular formula is C16H26N4O3S. The van der Waals surface area contributed by atoms with Gasteiger partial charge in [0.15, 0.2) is 5.82 Å². The topological polar surface area (TPSA) is 80.5 Å². The summed E-state index contributed by atoms with van der Waals surface area (Å²) in [6.45, 7) is 3.93. The van der Waals surface area contributed by atoms with Crippen molar-refractivity contribution < 1.29 is 14.1 Å². The maximum Gasteiger partial charge on any atom is 0.246 e. The smallest absolute Gasteiger partial charge is 0.246 e. The fraction of sp³-hybridized carbons (Fsp3) is 0.812. The normalized spacial score (nSPS) is 23.3. The van der Waals surface area contributed by atoms with Gasteiger partial charge in [-0.15, -0.1) is 0 Å². The molecule has 8 heteroatoms. The van der Waals surface area contributed by atoms with E-state index in [4.69, 9.17) is 9.26 Å². The molecule has 1 N–H and O–H groups in total. The molecule has 0 spiro atoms. The predicted molar refractivity (Wildman–Crippen MR) is 91.5 cm³/mol. The van der Waals surface area contributed by atoms with Gasteiger partial charge < -0.3 is 14.6 Å². The maximum absolute atomic E-state index is 12.5. The summed E-state index contributed by atoms with van der Waals surface area (Å²) in [6, 6.07) is 0.569. The van der Waals surface area contributed by atoms with Crippen molar-refractivity contribution in [3.8, 4) is 0 Å². The average Bonchev–Trinajstić information content (AvgIpc) is 3.08. The summed E-state index contributed by atoms with van der Waals surface area (Å²) in [5.74, 6) is 2.02. The molecule has 1 amide bonds. The van der Waals surface area contributed by atoms with Crippen molar-refractivity contribution in [1.29, 1.82) is 0 Å². The van der Waals surface area contributed by atoms with Crippen LogP contribution >= 0.6 is 11.8 Å². The standard InChI is InChI=1S/C16H26N4O3S/c1-24-11-14-18-15(23-19-14)9-17-16(21)12-3-2-6-20(10-12)13-4-7-22-8-5-13/h12-13H,2-11H2,1H3,(H,17,21)/t12-/m0/s1. The summed E-state index contributed by atoms with van der Waals surface area (Å²) in [4.78, 5) is 19.2. The molecule has 2 saturated heterocycles. The summed E-state index contributed by atoms with van der Waals surface area (Å²) in [5.41, 5.74) is 0. The number of rotatable bonds is 6. The highest BCUT2D eigenvalue weighted by Gasteiger charge is 2.30. The van der Waals surface area contributed by atoms with E-state index in [1.807, 2.05) is 6.26 Å². The molecule has 1 atom stereocenters. The number of carbonyl (C=O) groups is 1. The second kappa shape index (κ2) is 8.82. The van der Waals surface area contributed by atoms with Gasteiger partial charge in [-0.25, -0.2) is 0 Å². The van der Waals surface area contributed by atoms with Crippen molar-refractivity contribution in [3.05, 3.63) is 11.7 Å². The van der Waals surface area contributed by atoms with Gasteiger partial charge in [0.1, 0.15) is 0 Å². The summed E-state index contributed by atoms with van der Waals surface area (Å²) in [5, 5.41) is 6.85. The van der Waals surface area contributed by atoms with Crippen LogP contribution in [0.3, 0.4) is 0 Å². The Labute approximate surface area is 146 Å². The van der Waals surface area contributed by atoms with E-state index in [0.717, 1.165) is 57.7 Å². The van der Waals surface area contributed by atoms with Crippen molar-refractivity contribution in [1.82, 2.24) is 20.4 Å². The van der Waals surface area contributed by atoms with Crippen molar-refractivity contribution in [2.24, 2.45) is 5.92 Å². The Kier molecular flexibility index (Phi) is 6.51. The zero-order valence-corrected chi connectivity index (χ0v) is 15.0. The molecule has 134 valence electrons. The van der Waals surface area contributed by atoms with Gasteiger partial charge in [-0.2, -0.15) is 16.7 Å². The second-order valence-electron chi connectivity index (χ2n) is 6.43. The lowest BCUT2D eigenvalue weighted by Gasteiger charge is -2.39. The molecule has 24 heavy (non-hydrogen) atoms. The number of aromatic nitrogens is 2. The van der Waals surface area contributed by atoms with Crippen LogP contribution in [0.1, 0.15) is 37.4 Å². The van der Waals surface area contributed by atoms with Crippen LogP contribution in [0.4, 0.5) is 0 Å². The number of hydrogen-bond acceptors (Lipinski definition) is 7. The lowest BCUT2D eigenvalue weighted by atomic mass is 9.94. The molecule has 2 aliphatic rings. The molecule has 0 bridgehead atoms. The molecule has 0 aromatic carbocycles. The summed E-state index contributed by atoms with van der Waals surface area (Å²) < 4.78 is 10.6. The van der Waals surface area contributed by atoms with Gasteiger partial charge in [0.05, 0.1) is 18.2 Å². The minimum absolute atomic E-state index is 0.0511. The number of thioether (sulfide) groups is 1. The number of hydrogen-bond donors (Lipinski definition) is 1. The van der Waals surface area contributed by atoms with Crippen LogP contribution in [-0.2, 0) is 21.8 Å². The Morgan fingerprint density at radius 1 is 1.38 bits per heavy atom. The number of nitrogens with zero attached hydrogens (tertiary/aromatic N) is 3. The summed E-state index contributed by atoms with van der Waals surface area (Å²) >= 11 is 1.64. The minimum Gasteiger partial charge on any atom is -0.381 e. The lowest BCUT2D eigenvalue weighted by Crippen LogP contribution is -2.48. The van der Waals surface area contributed by atoms with E-state index in [-0.39, 0.29) is 11.8 Å². The maximum atomic E-state index is 12.5. The number of amides is 1. The van der Waals surface area contributed by atoms with Gasteiger partial charge in [-0.05, 0) is 38.5 Å². The number of nitrogens with one attached hydrogen (secondary N) is 1. The van der Waals surface area contributed by atoms with E-state index in [1.54, 1.807) is 11.8 Å². The van der Waals surface area contributed by atoms with Crippen LogP contribution < -0.4 is 5.32 Å². The number of carbonyl (C=O) groups excluding carboxylic acids is 1. The Balaban J connectivity index is 1.46. The summed E-state index contributed by atoms with van der Waals surface area (Å²) in [7, 11) is 0. The molecule has 0 unspecified atom stereocenters. The third kappa shape index (κ3) is 4.70. The third-order valence-corrected chi connectivity index (χ3v) is 5.28. The molecule has 0 aliphatic carbocycles. The van der Waals surface area contributed by atoms with Gasteiger partial charge >= 0.3 is 0 Å². The van der Waals surface area contributed by atoms with Gasteiger partial charge in [0.25, 0.3) is 0 Å². The molecule has 7 nitrogen and oxygen atoms in total. The molecule has 3 rings (SSSR count). The largest absolute Gasteiger partial charge is 0.381 e. The Hall–Kier alpha value is -1.12. The van der Waals surface area contributed by atoms with E-state index in [0.29, 0.717) is 24.3 Å². The second-order valence-corrected chi connectivity index (χ2v) is 7.30. The van der Waals surface area contributed by atoms with E-state index < -0.39 is 0 Å². The van der Waals surface area contributed by atoms with Crippen molar-refractivity contribution in [2.45, 2.75) is 44.0 Å². The van der Waals surface area contributed by atoms with Crippen LogP contribution in [0.2, 0.25) is 0 Å². The molecule has 0 radical (unpaired) electrons. The lowest BCUT2D eigenvalue weighted by molar-refractivity contribution is -0.127. The van der Waals surface area contributed by atoms with Crippen LogP contribution in [-0.4, -0.2) is 59.5 Å². The van der Waals surface area contributed by atoms with Gasteiger partial charge in [-0.1, -0.05) is 5.16 Å². The highest BCUT2D eigenvalue weighted by atomic mass is 32.2. The SMILES string of the molecule is CSCc1noc(CNC(=O)[C@H]2CCCN(C3CCOCC3)C2)n1. The zero-order valence-electron chi connectivity index (χ0n) is 14.2. The van der Waals surface area contributed by atoms with E-state index >= 15 is 0 Å². The van der Waals surface area contributed by atoms with Crippen LogP contribution in [0, 0.1) is 5.92 Å². The average molecular weight is 354 g/mol. The first-order chi connectivity index (χ1) is 11.8. The fourth-order valence-corrected chi connectivity index (χ4v) is 3.83. The minimum atomic E-state index is 0.0511. The quantitative estimate of drug-likeness (QED) is 0.828. The van der Waals surface area contributed by atoms with E-state index in [2.05, 4.69) is 20.4 Å². The molecule has 3 heterocycles. The Bertz CT molecular complexity index is 533. The molecule has 2 aliphatic heterocycles.